The summed E-state index contributed by atoms with van der Waals surface area (Å²) < 4.78 is 42.4. The summed E-state index contributed by atoms with van der Waals surface area (Å²) in [5, 5.41) is 0. The monoisotopic (exact) mass is 274 g/mol. The topological polar surface area (TPSA) is 32.8 Å². The summed E-state index contributed by atoms with van der Waals surface area (Å²) >= 11 is 0. The number of halogens is 3. The second-order valence-corrected chi connectivity index (χ2v) is 4.17. The lowest BCUT2D eigenvalue weighted by atomic mass is 10.2. The van der Waals surface area contributed by atoms with Crippen LogP contribution in [0.2, 0.25) is 0 Å². The molecule has 0 saturated carbocycles. The Balaban J connectivity index is 2.02. The van der Waals surface area contributed by atoms with Gasteiger partial charge in [-0.2, -0.15) is 0 Å². The first-order valence-electron chi connectivity index (χ1n) is 5.68. The van der Waals surface area contributed by atoms with E-state index in [1.54, 1.807) is 24.3 Å². The Morgan fingerprint density at radius 1 is 1.21 bits per heavy atom. The highest BCUT2D eigenvalue weighted by Gasteiger charge is 2.46. The summed E-state index contributed by atoms with van der Waals surface area (Å²) in [4.78, 5) is 12.7. The number of hydrogen-bond acceptors (Lipinski definition) is 2. The molecule has 0 spiro atoms. The Hall–Kier alpha value is -1.92. The lowest BCUT2D eigenvalue weighted by Crippen LogP contribution is -2.41. The van der Waals surface area contributed by atoms with Crippen molar-refractivity contribution in [2.24, 2.45) is 0 Å². The molecule has 0 aromatic heterocycles. The second-order valence-electron chi connectivity index (χ2n) is 4.17. The van der Waals surface area contributed by atoms with Crippen LogP contribution in [0.1, 0.15) is 5.56 Å². The normalized spacial score (nSPS) is 16.1. The molecular weight excluding hydrogens is 261 g/mol. The maximum Gasteiger partial charge on any atom is 0.488 e. The fraction of sp³-hybridized carbons (Fsp3) is 0.417. The summed E-state index contributed by atoms with van der Waals surface area (Å²) in [7, 11) is 1.53. The van der Waals surface area contributed by atoms with Crippen molar-refractivity contribution in [2.45, 2.75) is 12.8 Å². The van der Waals surface area contributed by atoms with Crippen molar-refractivity contribution in [3.8, 4) is 5.75 Å². The van der Waals surface area contributed by atoms with E-state index < -0.39 is 12.3 Å². The zero-order valence-electron chi connectivity index (χ0n) is 10.3. The van der Waals surface area contributed by atoms with Crippen LogP contribution in [0.3, 0.4) is 0 Å². The van der Waals surface area contributed by atoms with Gasteiger partial charge in [-0.3, -0.25) is 0 Å². The molecule has 104 valence electrons. The molecule has 2 amide bonds. The van der Waals surface area contributed by atoms with Crippen LogP contribution < -0.4 is 4.74 Å². The van der Waals surface area contributed by atoms with E-state index in [2.05, 4.69) is 0 Å². The molecule has 0 bridgehead atoms. The molecule has 0 N–H and O–H groups in total. The SMILES string of the molecule is COc1ccc(CN2CCN(C(F)(F)F)C2=O)cc1. The third-order valence-corrected chi connectivity index (χ3v) is 2.93. The number of methoxy groups -OCH3 is 1. The fourth-order valence-electron chi connectivity index (χ4n) is 1.92. The molecule has 0 radical (unpaired) electrons. The number of ether oxygens (including phenoxy) is 1. The molecule has 1 aliphatic heterocycles. The molecule has 7 heteroatoms. The van der Waals surface area contributed by atoms with Crippen LogP contribution in [0.4, 0.5) is 18.0 Å². The van der Waals surface area contributed by atoms with Gasteiger partial charge >= 0.3 is 12.3 Å². The van der Waals surface area contributed by atoms with Crippen molar-refractivity contribution in [1.29, 1.82) is 0 Å². The number of alkyl halides is 3. The van der Waals surface area contributed by atoms with Crippen LogP contribution in [-0.4, -0.2) is 42.3 Å². The van der Waals surface area contributed by atoms with E-state index in [-0.39, 0.29) is 24.5 Å². The fourth-order valence-corrected chi connectivity index (χ4v) is 1.92. The molecule has 2 rings (SSSR count). The molecule has 0 atom stereocenters. The quantitative estimate of drug-likeness (QED) is 0.793. The van der Waals surface area contributed by atoms with Gasteiger partial charge in [-0.05, 0) is 17.7 Å². The minimum Gasteiger partial charge on any atom is -0.497 e. The lowest BCUT2D eigenvalue weighted by molar-refractivity contribution is -0.218. The average Bonchev–Trinajstić information content (AvgIpc) is 2.72. The summed E-state index contributed by atoms with van der Waals surface area (Å²) in [5.41, 5.74) is 0.762. The lowest BCUT2D eigenvalue weighted by Gasteiger charge is -2.20. The molecule has 1 saturated heterocycles. The van der Waals surface area contributed by atoms with E-state index in [4.69, 9.17) is 4.74 Å². The summed E-state index contributed by atoms with van der Waals surface area (Å²) in [6.45, 7) is -0.0851. The van der Waals surface area contributed by atoms with Crippen molar-refractivity contribution in [3.05, 3.63) is 29.8 Å². The highest BCUT2D eigenvalue weighted by atomic mass is 19.4. The van der Waals surface area contributed by atoms with Gasteiger partial charge in [-0.1, -0.05) is 12.1 Å². The molecule has 19 heavy (non-hydrogen) atoms. The van der Waals surface area contributed by atoms with Crippen LogP contribution in [0.25, 0.3) is 0 Å². The molecule has 1 aromatic rings. The molecular formula is C12H13F3N2O2. The van der Waals surface area contributed by atoms with E-state index in [0.29, 0.717) is 5.75 Å². The minimum absolute atomic E-state index is 0.0729. The number of amides is 2. The molecule has 4 nitrogen and oxygen atoms in total. The van der Waals surface area contributed by atoms with E-state index >= 15 is 0 Å². The number of hydrogen-bond donors (Lipinski definition) is 0. The van der Waals surface area contributed by atoms with Crippen LogP contribution in [0.5, 0.6) is 5.75 Å². The Kier molecular flexibility index (Phi) is 3.55. The van der Waals surface area contributed by atoms with Gasteiger partial charge in [0, 0.05) is 19.6 Å². The molecule has 1 heterocycles. The van der Waals surface area contributed by atoms with Crippen molar-refractivity contribution in [3.63, 3.8) is 0 Å². The van der Waals surface area contributed by atoms with Crippen LogP contribution in [0, 0.1) is 0 Å². The minimum atomic E-state index is -4.61. The van der Waals surface area contributed by atoms with E-state index in [1.807, 2.05) is 0 Å². The number of benzene rings is 1. The number of carbonyl (C=O) groups excluding carboxylic acids is 1. The van der Waals surface area contributed by atoms with E-state index in [0.717, 1.165) is 5.56 Å². The zero-order chi connectivity index (χ0) is 14.0. The standard InChI is InChI=1S/C12H13F3N2O2/c1-19-10-4-2-9(3-5-10)8-16-6-7-17(11(16)18)12(13,14)15/h2-5H,6-8H2,1H3. The van der Waals surface area contributed by atoms with Gasteiger partial charge in [0.2, 0.25) is 0 Å². The predicted molar refractivity (Wildman–Crippen MR) is 61.6 cm³/mol. The first-order chi connectivity index (χ1) is 8.91. The molecule has 1 aliphatic rings. The molecule has 1 fully saturated rings. The number of carbonyl (C=O) groups is 1. The summed E-state index contributed by atoms with van der Waals surface area (Å²) in [6, 6.07) is 5.86. The number of rotatable bonds is 3. The highest BCUT2D eigenvalue weighted by molar-refractivity contribution is 5.76. The first kappa shape index (κ1) is 13.5. The first-order valence-corrected chi connectivity index (χ1v) is 5.68. The van der Waals surface area contributed by atoms with Crippen LogP contribution >= 0.6 is 0 Å². The van der Waals surface area contributed by atoms with Gasteiger partial charge in [-0.15, -0.1) is 13.2 Å². The van der Waals surface area contributed by atoms with Gasteiger partial charge in [-0.25, -0.2) is 9.69 Å². The Morgan fingerprint density at radius 3 is 2.32 bits per heavy atom. The number of urea groups is 1. The Morgan fingerprint density at radius 2 is 1.84 bits per heavy atom. The van der Waals surface area contributed by atoms with E-state index in [9.17, 15) is 18.0 Å². The molecule has 0 aliphatic carbocycles. The maximum atomic E-state index is 12.5. The third-order valence-electron chi connectivity index (χ3n) is 2.93. The van der Waals surface area contributed by atoms with Crippen LogP contribution in [-0.2, 0) is 6.54 Å². The van der Waals surface area contributed by atoms with Gasteiger partial charge in [0.15, 0.2) is 0 Å². The Labute approximate surface area is 108 Å². The summed E-state index contributed by atoms with van der Waals surface area (Å²) in [6.07, 6.45) is -4.61. The van der Waals surface area contributed by atoms with Gasteiger partial charge in [0.05, 0.1) is 7.11 Å². The van der Waals surface area contributed by atoms with Gasteiger partial charge in [0.25, 0.3) is 0 Å². The Bertz CT molecular complexity index is 459. The average molecular weight is 274 g/mol. The zero-order valence-corrected chi connectivity index (χ0v) is 10.3. The maximum absolute atomic E-state index is 12.5. The second kappa shape index (κ2) is 4.99. The highest BCUT2D eigenvalue weighted by Crippen LogP contribution is 2.26. The van der Waals surface area contributed by atoms with E-state index in [1.165, 1.54) is 12.0 Å². The molecule has 0 unspecified atom stereocenters. The summed E-state index contributed by atoms with van der Waals surface area (Å²) in [5.74, 6) is 0.661. The third kappa shape index (κ3) is 2.91. The predicted octanol–water partition coefficient (Wildman–Crippen LogP) is 2.45. The smallest absolute Gasteiger partial charge is 0.488 e. The van der Waals surface area contributed by atoms with Crippen molar-refractivity contribution in [1.82, 2.24) is 9.80 Å². The van der Waals surface area contributed by atoms with Crippen LogP contribution in [0.15, 0.2) is 24.3 Å². The van der Waals surface area contributed by atoms with Gasteiger partial charge in [0.1, 0.15) is 5.75 Å². The van der Waals surface area contributed by atoms with Crippen molar-refractivity contribution >= 4 is 6.03 Å². The van der Waals surface area contributed by atoms with Gasteiger partial charge < -0.3 is 9.64 Å². The number of nitrogens with zero attached hydrogens (tertiary/aromatic N) is 2. The van der Waals surface area contributed by atoms with Crippen molar-refractivity contribution < 1.29 is 22.7 Å². The molecule has 1 aromatic carbocycles. The van der Waals surface area contributed by atoms with Crippen molar-refractivity contribution in [2.75, 3.05) is 20.2 Å². The largest absolute Gasteiger partial charge is 0.497 e.